The van der Waals surface area contributed by atoms with Crippen LogP contribution in [-0.2, 0) is 11.3 Å². The van der Waals surface area contributed by atoms with Gasteiger partial charge in [-0.25, -0.2) is 4.99 Å². The maximum absolute atomic E-state index is 11.5. The van der Waals surface area contributed by atoms with Crippen LogP contribution in [0.2, 0.25) is 0 Å². The number of aliphatic imine (C=N–C) groups is 1. The second kappa shape index (κ2) is 9.07. The van der Waals surface area contributed by atoms with Gasteiger partial charge in [0.15, 0.2) is 11.7 Å². The van der Waals surface area contributed by atoms with Gasteiger partial charge < -0.3 is 20.1 Å². The summed E-state index contributed by atoms with van der Waals surface area (Å²) in [5.41, 5.74) is 0.930. The highest BCUT2D eigenvalue weighted by Gasteiger charge is 2.08. The standard InChI is InChI=1S/C15H27N5O2/c1-6-16-15(17-8-7-14(21)20(4)5)18-10-12-9-13(11(2)3)19-22-12/h9,11H,6-8,10H2,1-5H3,(H2,16,17,18). The SMILES string of the molecule is CCNC(=NCc1cc(C(C)C)no1)NCCC(=O)N(C)C. The Hall–Kier alpha value is -2.05. The Balaban J connectivity index is 2.52. The summed E-state index contributed by atoms with van der Waals surface area (Å²) in [6.45, 7) is 7.83. The van der Waals surface area contributed by atoms with Crippen molar-refractivity contribution in [3.63, 3.8) is 0 Å². The molecule has 7 nitrogen and oxygen atoms in total. The molecule has 2 N–H and O–H groups in total. The van der Waals surface area contributed by atoms with E-state index in [2.05, 4.69) is 34.6 Å². The van der Waals surface area contributed by atoms with E-state index in [9.17, 15) is 4.79 Å². The minimum atomic E-state index is 0.0835. The van der Waals surface area contributed by atoms with Crippen molar-refractivity contribution in [1.82, 2.24) is 20.7 Å². The van der Waals surface area contributed by atoms with Gasteiger partial charge in [-0.1, -0.05) is 19.0 Å². The van der Waals surface area contributed by atoms with Crippen LogP contribution in [0.4, 0.5) is 0 Å². The van der Waals surface area contributed by atoms with Gasteiger partial charge in [0.05, 0.1) is 5.69 Å². The molecule has 0 aliphatic carbocycles. The summed E-state index contributed by atoms with van der Waals surface area (Å²) >= 11 is 0. The van der Waals surface area contributed by atoms with Gasteiger partial charge in [0.25, 0.3) is 0 Å². The van der Waals surface area contributed by atoms with Gasteiger partial charge in [0, 0.05) is 39.7 Å². The molecule has 124 valence electrons. The number of hydrogen-bond donors (Lipinski definition) is 2. The number of carbonyl (C=O) groups excluding carboxylic acids is 1. The van der Waals surface area contributed by atoms with Crippen LogP contribution in [0.15, 0.2) is 15.6 Å². The minimum Gasteiger partial charge on any atom is -0.359 e. The van der Waals surface area contributed by atoms with Crippen molar-refractivity contribution in [3.8, 4) is 0 Å². The van der Waals surface area contributed by atoms with Gasteiger partial charge >= 0.3 is 0 Å². The number of rotatable bonds is 7. The predicted octanol–water partition coefficient (Wildman–Crippen LogP) is 1.33. The van der Waals surface area contributed by atoms with Crippen LogP contribution in [0.5, 0.6) is 0 Å². The molecule has 7 heteroatoms. The molecule has 0 aliphatic heterocycles. The van der Waals surface area contributed by atoms with Crippen LogP contribution < -0.4 is 10.6 Å². The number of nitrogens with one attached hydrogen (secondary N) is 2. The predicted molar refractivity (Wildman–Crippen MR) is 86.7 cm³/mol. The fraction of sp³-hybridized carbons (Fsp3) is 0.667. The van der Waals surface area contributed by atoms with E-state index in [0.717, 1.165) is 18.0 Å². The zero-order chi connectivity index (χ0) is 16.5. The van der Waals surface area contributed by atoms with E-state index < -0.39 is 0 Å². The number of carbonyl (C=O) groups is 1. The zero-order valence-electron chi connectivity index (χ0n) is 14.1. The van der Waals surface area contributed by atoms with E-state index in [0.29, 0.717) is 31.4 Å². The summed E-state index contributed by atoms with van der Waals surface area (Å²) in [7, 11) is 3.50. The lowest BCUT2D eigenvalue weighted by atomic mass is 10.1. The quantitative estimate of drug-likeness (QED) is 0.586. The number of aromatic nitrogens is 1. The maximum atomic E-state index is 11.5. The number of amides is 1. The monoisotopic (exact) mass is 309 g/mol. The smallest absolute Gasteiger partial charge is 0.223 e. The van der Waals surface area contributed by atoms with Crippen molar-refractivity contribution < 1.29 is 9.32 Å². The lowest BCUT2D eigenvalue weighted by Gasteiger charge is -2.13. The van der Waals surface area contributed by atoms with Crippen LogP contribution >= 0.6 is 0 Å². The molecule has 0 unspecified atom stereocenters. The van der Waals surface area contributed by atoms with Crippen molar-refractivity contribution in [1.29, 1.82) is 0 Å². The van der Waals surface area contributed by atoms with Gasteiger partial charge in [-0.2, -0.15) is 0 Å². The van der Waals surface area contributed by atoms with E-state index in [4.69, 9.17) is 4.52 Å². The van der Waals surface area contributed by atoms with Crippen LogP contribution in [-0.4, -0.2) is 49.1 Å². The Morgan fingerprint density at radius 2 is 2.14 bits per heavy atom. The van der Waals surface area contributed by atoms with Gasteiger partial charge in [0.1, 0.15) is 6.54 Å². The third kappa shape index (κ3) is 6.15. The molecule has 0 atom stereocenters. The van der Waals surface area contributed by atoms with E-state index in [1.165, 1.54) is 0 Å². The van der Waals surface area contributed by atoms with E-state index in [1.54, 1.807) is 19.0 Å². The van der Waals surface area contributed by atoms with E-state index >= 15 is 0 Å². The Morgan fingerprint density at radius 1 is 1.41 bits per heavy atom. The summed E-state index contributed by atoms with van der Waals surface area (Å²) in [5, 5.41) is 10.3. The molecule has 1 amide bonds. The van der Waals surface area contributed by atoms with Gasteiger partial charge in [0.2, 0.25) is 5.91 Å². The van der Waals surface area contributed by atoms with Gasteiger partial charge in [-0.15, -0.1) is 0 Å². The van der Waals surface area contributed by atoms with Crippen molar-refractivity contribution >= 4 is 11.9 Å². The van der Waals surface area contributed by atoms with E-state index in [1.807, 2.05) is 13.0 Å². The van der Waals surface area contributed by atoms with Crippen molar-refractivity contribution in [2.75, 3.05) is 27.2 Å². The molecule has 0 spiro atoms. The Kier molecular flexibility index (Phi) is 7.42. The fourth-order valence-corrected chi connectivity index (χ4v) is 1.69. The fourth-order valence-electron chi connectivity index (χ4n) is 1.69. The van der Waals surface area contributed by atoms with Crippen LogP contribution in [0.3, 0.4) is 0 Å². The maximum Gasteiger partial charge on any atom is 0.223 e. The lowest BCUT2D eigenvalue weighted by Crippen LogP contribution is -2.39. The van der Waals surface area contributed by atoms with Crippen LogP contribution in [0.1, 0.15) is 44.6 Å². The first-order chi connectivity index (χ1) is 10.4. The van der Waals surface area contributed by atoms with Crippen molar-refractivity contribution in [2.45, 2.75) is 39.7 Å². The largest absolute Gasteiger partial charge is 0.359 e. The third-order valence-corrected chi connectivity index (χ3v) is 3.04. The first-order valence-electron chi connectivity index (χ1n) is 7.61. The van der Waals surface area contributed by atoms with Crippen LogP contribution in [0.25, 0.3) is 0 Å². The second-order valence-corrected chi connectivity index (χ2v) is 5.53. The Labute approximate surface area is 132 Å². The van der Waals surface area contributed by atoms with Gasteiger partial charge in [-0.3, -0.25) is 4.79 Å². The molecule has 0 radical (unpaired) electrons. The summed E-state index contributed by atoms with van der Waals surface area (Å²) < 4.78 is 5.26. The topological polar surface area (TPSA) is 82.8 Å². The van der Waals surface area contributed by atoms with Crippen molar-refractivity contribution in [3.05, 3.63) is 17.5 Å². The molecular formula is C15H27N5O2. The molecule has 1 heterocycles. The molecular weight excluding hydrogens is 282 g/mol. The molecule has 0 aliphatic rings. The van der Waals surface area contributed by atoms with Crippen molar-refractivity contribution in [2.24, 2.45) is 4.99 Å². The molecule has 1 aromatic heterocycles. The Morgan fingerprint density at radius 3 is 2.68 bits per heavy atom. The molecule has 0 aromatic carbocycles. The minimum absolute atomic E-state index is 0.0835. The molecule has 0 fully saturated rings. The second-order valence-electron chi connectivity index (χ2n) is 5.53. The molecule has 1 aromatic rings. The Bertz CT molecular complexity index is 494. The molecule has 0 bridgehead atoms. The number of nitrogens with zero attached hydrogens (tertiary/aromatic N) is 3. The average Bonchev–Trinajstić information content (AvgIpc) is 2.93. The first kappa shape index (κ1) is 18.0. The van der Waals surface area contributed by atoms with Crippen LogP contribution in [0, 0.1) is 0 Å². The highest BCUT2D eigenvalue weighted by Crippen LogP contribution is 2.14. The highest BCUT2D eigenvalue weighted by molar-refractivity contribution is 5.81. The normalized spacial score (nSPS) is 11.6. The summed E-state index contributed by atoms with van der Waals surface area (Å²) in [6.07, 6.45) is 0.428. The number of guanidine groups is 1. The third-order valence-electron chi connectivity index (χ3n) is 3.04. The first-order valence-corrected chi connectivity index (χ1v) is 7.61. The summed E-state index contributed by atoms with van der Waals surface area (Å²) in [5.74, 6) is 1.81. The highest BCUT2D eigenvalue weighted by atomic mass is 16.5. The lowest BCUT2D eigenvalue weighted by molar-refractivity contribution is -0.128. The molecule has 0 saturated carbocycles. The summed E-state index contributed by atoms with van der Waals surface area (Å²) in [6, 6.07) is 1.92. The van der Waals surface area contributed by atoms with E-state index in [-0.39, 0.29) is 5.91 Å². The molecule has 22 heavy (non-hydrogen) atoms. The molecule has 1 rings (SSSR count). The van der Waals surface area contributed by atoms with Gasteiger partial charge in [-0.05, 0) is 12.8 Å². The average molecular weight is 309 g/mol. The zero-order valence-corrected chi connectivity index (χ0v) is 14.1. The molecule has 0 saturated heterocycles. The number of hydrogen-bond acceptors (Lipinski definition) is 4. The summed E-state index contributed by atoms with van der Waals surface area (Å²) in [4.78, 5) is 17.5.